The maximum atomic E-state index is 12.2. The molecule has 3 nitrogen and oxygen atoms in total. The summed E-state index contributed by atoms with van der Waals surface area (Å²) in [5.41, 5.74) is 2.15. The van der Waals surface area contributed by atoms with Gasteiger partial charge >= 0.3 is 6.03 Å². The van der Waals surface area contributed by atoms with E-state index in [1.54, 1.807) is 0 Å². The molecule has 2 rings (SSSR count). The molecular weight excluding hydrogens is 236 g/mol. The Balaban J connectivity index is 2.00. The van der Waals surface area contributed by atoms with E-state index in [2.05, 4.69) is 38.2 Å². The van der Waals surface area contributed by atoms with Gasteiger partial charge in [-0.3, -0.25) is 0 Å². The van der Waals surface area contributed by atoms with Crippen LogP contribution in [0.2, 0.25) is 0 Å². The van der Waals surface area contributed by atoms with Crippen LogP contribution in [0, 0.1) is 5.92 Å². The normalized spacial score (nSPS) is 19.6. The molecule has 0 bridgehead atoms. The van der Waals surface area contributed by atoms with E-state index in [0.717, 1.165) is 25.2 Å². The first-order valence-electron chi connectivity index (χ1n) is 7.22. The van der Waals surface area contributed by atoms with Gasteiger partial charge in [0.15, 0.2) is 0 Å². The van der Waals surface area contributed by atoms with Gasteiger partial charge in [0.1, 0.15) is 0 Å². The second-order valence-corrected chi connectivity index (χ2v) is 5.90. The maximum Gasteiger partial charge on any atom is 0.321 e. The van der Waals surface area contributed by atoms with Crippen molar-refractivity contribution in [2.75, 3.05) is 18.4 Å². The number of amides is 2. The molecule has 1 aliphatic rings. The topological polar surface area (TPSA) is 32.3 Å². The van der Waals surface area contributed by atoms with Gasteiger partial charge in [-0.25, -0.2) is 4.79 Å². The lowest BCUT2D eigenvalue weighted by atomic mass is 10.0. The Labute approximate surface area is 116 Å². The number of rotatable bonds is 2. The van der Waals surface area contributed by atoms with Crippen molar-refractivity contribution in [2.24, 2.45) is 5.92 Å². The molecule has 1 heterocycles. The highest BCUT2D eigenvalue weighted by molar-refractivity contribution is 5.89. The second-order valence-electron chi connectivity index (χ2n) is 5.90. The lowest BCUT2D eigenvalue weighted by Crippen LogP contribution is -2.41. The van der Waals surface area contributed by atoms with E-state index in [4.69, 9.17) is 0 Å². The Bertz CT molecular complexity index is 442. The summed E-state index contributed by atoms with van der Waals surface area (Å²) in [6, 6.07) is 8.16. The van der Waals surface area contributed by atoms with Gasteiger partial charge < -0.3 is 10.2 Å². The first-order valence-corrected chi connectivity index (χ1v) is 7.22. The minimum absolute atomic E-state index is 0.0347. The van der Waals surface area contributed by atoms with Crippen molar-refractivity contribution in [1.82, 2.24) is 4.90 Å². The standard InChI is InChI=1S/C16H24N2O/c1-12(2)14-7-4-8-15(10-14)17-16(19)18-9-5-6-13(3)11-18/h4,7-8,10,12-13H,5-6,9,11H2,1-3H3,(H,17,19). The number of hydrogen-bond acceptors (Lipinski definition) is 1. The van der Waals surface area contributed by atoms with Gasteiger partial charge in [0.25, 0.3) is 0 Å². The lowest BCUT2D eigenvalue weighted by Gasteiger charge is -2.31. The second kappa shape index (κ2) is 6.09. The number of nitrogens with one attached hydrogen (secondary N) is 1. The third-order valence-electron chi connectivity index (χ3n) is 3.75. The summed E-state index contributed by atoms with van der Waals surface area (Å²) in [7, 11) is 0. The molecule has 0 aromatic heterocycles. The number of piperidine rings is 1. The Kier molecular flexibility index (Phi) is 4.46. The highest BCUT2D eigenvalue weighted by Gasteiger charge is 2.20. The van der Waals surface area contributed by atoms with Gasteiger partial charge in [-0.15, -0.1) is 0 Å². The fourth-order valence-electron chi connectivity index (χ4n) is 2.55. The SMILES string of the molecule is CC1CCCN(C(=O)Nc2cccc(C(C)C)c2)C1. The molecule has 104 valence electrons. The maximum absolute atomic E-state index is 12.2. The lowest BCUT2D eigenvalue weighted by molar-refractivity contribution is 0.182. The highest BCUT2D eigenvalue weighted by atomic mass is 16.2. The van der Waals surface area contributed by atoms with E-state index in [9.17, 15) is 4.79 Å². The largest absolute Gasteiger partial charge is 0.324 e. The number of benzene rings is 1. The Hall–Kier alpha value is -1.51. The number of nitrogens with zero attached hydrogens (tertiary/aromatic N) is 1. The van der Waals surface area contributed by atoms with Crippen molar-refractivity contribution < 1.29 is 4.79 Å². The predicted molar refractivity (Wildman–Crippen MR) is 79.5 cm³/mol. The van der Waals surface area contributed by atoms with Gasteiger partial charge in [0.05, 0.1) is 0 Å². The summed E-state index contributed by atoms with van der Waals surface area (Å²) in [4.78, 5) is 14.1. The van der Waals surface area contributed by atoms with Crippen LogP contribution >= 0.6 is 0 Å². The van der Waals surface area contributed by atoms with Crippen LogP contribution in [0.25, 0.3) is 0 Å². The molecule has 1 atom stereocenters. The Morgan fingerprint density at radius 1 is 1.42 bits per heavy atom. The molecule has 1 aliphatic heterocycles. The monoisotopic (exact) mass is 260 g/mol. The summed E-state index contributed by atoms with van der Waals surface area (Å²) in [5.74, 6) is 1.09. The average molecular weight is 260 g/mol. The van der Waals surface area contributed by atoms with E-state index in [1.807, 2.05) is 17.0 Å². The molecule has 1 saturated heterocycles. The zero-order valence-electron chi connectivity index (χ0n) is 12.1. The third kappa shape index (κ3) is 3.72. The van der Waals surface area contributed by atoms with Crippen LogP contribution in [0.3, 0.4) is 0 Å². The predicted octanol–water partition coefficient (Wildman–Crippen LogP) is 4.07. The number of carbonyl (C=O) groups excluding carboxylic acids is 1. The van der Waals surface area contributed by atoms with Crippen LogP contribution in [0.15, 0.2) is 24.3 Å². The van der Waals surface area contributed by atoms with Crippen molar-refractivity contribution in [3.8, 4) is 0 Å². The summed E-state index contributed by atoms with van der Waals surface area (Å²) in [6.45, 7) is 8.27. The molecule has 19 heavy (non-hydrogen) atoms. The minimum Gasteiger partial charge on any atom is -0.324 e. The molecule has 1 fully saturated rings. The molecule has 1 aromatic rings. The van der Waals surface area contributed by atoms with E-state index in [0.29, 0.717) is 11.8 Å². The summed E-state index contributed by atoms with van der Waals surface area (Å²) in [5, 5.41) is 3.01. The van der Waals surface area contributed by atoms with Crippen LogP contribution in [0.4, 0.5) is 10.5 Å². The van der Waals surface area contributed by atoms with Gasteiger partial charge in [0.2, 0.25) is 0 Å². The molecule has 0 radical (unpaired) electrons. The molecule has 0 spiro atoms. The Morgan fingerprint density at radius 3 is 2.89 bits per heavy atom. The fourth-order valence-corrected chi connectivity index (χ4v) is 2.55. The van der Waals surface area contributed by atoms with Crippen LogP contribution in [0.5, 0.6) is 0 Å². The van der Waals surface area contributed by atoms with Crippen LogP contribution in [0.1, 0.15) is 45.1 Å². The molecule has 1 aromatic carbocycles. The van der Waals surface area contributed by atoms with Gasteiger partial charge in [-0.1, -0.05) is 32.9 Å². The van der Waals surface area contributed by atoms with Crippen LogP contribution in [-0.2, 0) is 0 Å². The molecule has 3 heteroatoms. The first-order chi connectivity index (χ1) is 9.06. The minimum atomic E-state index is 0.0347. The zero-order chi connectivity index (χ0) is 13.8. The van der Waals surface area contributed by atoms with E-state index >= 15 is 0 Å². The zero-order valence-corrected chi connectivity index (χ0v) is 12.1. The number of hydrogen-bond donors (Lipinski definition) is 1. The van der Waals surface area contributed by atoms with E-state index in [-0.39, 0.29) is 6.03 Å². The summed E-state index contributed by atoms with van der Waals surface area (Å²) < 4.78 is 0. The molecule has 2 amide bonds. The van der Waals surface area contributed by atoms with Crippen molar-refractivity contribution in [1.29, 1.82) is 0 Å². The summed E-state index contributed by atoms with van der Waals surface area (Å²) in [6.07, 6.45) is 2.34. The highest BCUT2D eigenvalue weighted by Crippen LogP contribution is 2.20. The van der Waals surface area contributed by atoms with Crippen molar-refractivity contribution >= 4 is 11.7 Å². The number of anilines is 1. The number of carbonyl (C=O) groups is 1. The molecule has 1 unspecified atom stereocenters. The average Bonchev–Trinajstić information content (AvgIpc) is 2.39. The van der Waals surface area contributed by atoms with Crippen LogP contribution in [-0.4, -0.2) is 24.0 Å². The van der Waals surface area contributed by atoms with Gasteiger partial charge in [-0.2, -0.15) is 0 Å². The van der Waals surface area contributed by atoms with Crippen molar-refractivity contribution in [3.05, 3.63) is 29.8 Å². The fraction of sp³-hybridized carbons (Fsp3) is 0.562. The molecule has 0 saturated carbocycles. The smallest absolute Gasteiger partial charge is 0.321 e. The van der Waals surface area contributed by atoms with Crippen molar-refractivity contribution in [2.45, 2.75) is 39.5 Å². The molecule has 0 aliphatic carbocycles. The molecular formula is C16H24N2O. The quantitative estimate of drug-likeness (QED) is 0.854. The Morgan fingerprint density at radius 2 is 2.21 bits per heavy atom. The van der Waals surface area contributed by atoms with Gasteiger partial charge in [0, 0.05) is 18.8 Å². The number of urea groups is 1. The summed E-state index contributed by atoms with van der Waals surface area (Å²) >= 11 is 0. The third-order valence-corrected chi connectivity index (χ3v) is 3.75. The number of likely N-dealkylation sites (tertiary alicyclic amines) is 1. The van der Waals surface area contributed by atoms with Crippen LogP contribution < -0.4 is 5.32 Å². The van der Waals surface area contributed by atoms with E-state index < -0.39 is 0 Å². The van der Waals surface area contributed by atoms with E-state index in [1.165, 1.54) is 12.0 Å². The first kappa shape index (κ1) is 13.9. The van der Waals surface area contributed by atoms with Gasteiger partial charge in [-0.05, 0) is 42.4 Å². The van der Waals surface area contributed by atoms with Crippen molar-refractivity contribution in [3.63, 3.8) is 0 Å². The molecule has 1 N–H and O–H groups in total.